The molecule has 0 aromatic heterocycles. The number of halogens is 1. The van der Waals surface area contributed by atoms with Crippen LogP contribution in [-0.4, -0.2) is 38.9 Å². The third-order valence-electron chi connectivity index (χ3n) is 4.03. The second kappa shape index (κ2) is 6.65. The van der Waals surface area contributed by atoms with Gasteiger partial charge in [0.25, 0.3) is 0 Å². The van der Waals surface area contributed by atoms with E-state index in [1.807, 2.05) is 27.0 Å². The summed E-state index contributed by atoms with van der Waals surface area (Å²) >= 11 is 6.15. The number of likely N-dealkylation sites (N-methyl/N-ethyl adjacent to an activating group) is 1. The van der Waals surface area contributed by atoms with Crippen LogP contribution in [0, 0.1) is 0 Å². The second-order valence-electron chi connectivity index (χ2n) is 5.84. The molecule has 1 saturated heterocycles. The van der Waals surface area contributed by atoms with Crippen molar-refractivity contribution >= 4 is 21.6 Å². The molecule has 1 aliphatic heterocycles. The molecule has 1 fully saturated rings. The smallest absolute Gasteiger partial charge is 0.244 e. The lowest BCUT2D eigenvalue weighted by molar-refractivity contribution is 0.293. The van der Waals surface area contributed by atoms with E-state index in [4.69, 9.17) is 11.6 Å². The number of hydrogen-bond donors (Lipinski definition) is 1. The minimum atomic E-state index is -3.53. The van der Waals surface area contributed by atoms with Crippen molar-refractivity contribution in [2.75, 3.05) is 20.1 Å². The number of hydrogen-bond acceptors (Lipinski definition) is 3. The van der Waals surface area contributed by atoms with Crippen LogP contribution in [0.15, 0.2) is 23.1 Å². The lowest BCUT2D eigenvalue weighted by Crippen LogP contribution is -2.46. The maximum Gasteiger partial charge on any atom is 0.244 e. The van der Waals surface area contributed by atoms with Gasteiger partial charge in [-0.15, -0.1) is 0 Å². The van der Waals surface area contributed by atoms with Crippen LogP contribution in [-0.2, 0) is 10.0 Å². The predicted molar refractivity (Wildman–Crippen MR) is 86.4 cm³/mol. The average molecular weight is 331 g/mol. The van der Waals surface area contributed by atoms with E-state index in [0.29, 0.717) is 18.1 Å². The second-order valence-corrected chi connectivity index (χ2v) is 8.15. The number of rotatable bonds is 4. The summed E-state index contributed by atoms with van der Waals surface area (Å²) in [5.74, 6) is 0.266. The Hall–Kier alpha value is -0.620. The zero-order chi connectivity index (χ0) is 15.6. The molecule has 0 radical (unpaired) electrons. The van der Waals surface area contributed by atoms with Crippen LogP contribution in [0.25, 0.3) is 0 Å². The van der Waals surface area contributed by atoms with Crippen LogP contribution in [0.3, 0.4) is 0 Å². The fraction of sp³-hybridized carbons (Fsp3) is 0.600. The Morgan fingerprint density at radius 3 is 2.71 bits per heavy atom. The summed E-state index contributed by atoms with van der Waals surface area (Å²) in [4.78, 5) is 0.229. The van der Waals surface area contributed by atoms with Crippen molar-refractivity contribution in [1.82, 2.24) is 9.62 Å². The first-order chi connectivity index (χ1) is 9.86. The third kappa shape index (κ3) is 3.59. The summed E-state index contributed by atoms with van der Waals surface area (Å²) in [5, 5.41) is 3.46. The van der Waals surface area contributed by atoms with Crippen LogP contribution < -0.4 is 5.32 Å². The molecular formula is C15H23ClN2O2S. The van der Waals surface area contributed by atoms with Crippen LogP contribution >= 0.6 is 11.6 Å². The molecule has 0 saturated carbocycles. The van der Waals surface area contributed by atoms with Gasteiger partial charge in [-0.2, -0.15) is 4.31 Å². The van der Waals surface area contributed by atoms with Crippen molar-refractivity contribution in [3.63, 3.8) is 0 Å². The van der Waals surface area contributed by atoms with Crippen molar-refractivity contribution in [2.24, 2.45) is 0 Å². The molecule has 1 unspecified atom stereocenters. The van der Waals surface area contributed by atoms with Crippen molar-refractivity contribution in [2.45, 2.75) is 43.5 Å². The molecule has 4 nitrogen and oxygen atoms in total. The molecular weight excluding hydrogens is 308 g/mol. The number of nitrogens with zero attached hydrogens (tertiary/aromatic N) is 1. The summed E-state index contributed by atoms with van der Waals surface area (Å²) < 4.78 is 27.3. The first kappa shape index (κ1) is 16.7. The molecule has 1 aromatic carbocycles. The van der Waals surface area contributed by atoms with Gasteiger partial charge in [-0.3, -0.25) is 0 Å². The van der Waals surface area contributed by atoms with Crippen molar-refractivity contribution in [3.8, 4) is 0 Å². The fourth-order valence-corrected chi connectivity index (χ4v) is 4.65. The monoisotopic (exact) mass is 330 g/mol. The molecule has 0 amide bonds. The van der Waals surface area contributed by atoms with E-state index in [2.05, 4.69) is 5.32 Å². The Morgan fingerprint density at radius 1 is 1.38 bits per heavy atom. The summed E-state index contributed by atoms with van der Waals surface area (Å²) in [6.45, 7) is 5.14. The number of sulfonamides is 1. The molecule has 6 heteroatoms. The fourth-order valence-electron chi connectivity index (χ4n) is 2.61. The molecule has 21 heavy (non-hydrogen) atoms. The molecule has 1 N–H and O–H groups in total. The highest BCUT2D eigenvalue weighted by Crippen LogP contribution is 2.29. The van der Waals surface area contributed by atoms with Gasteiger partial charge in [-0.25, -0.2) is 8.42 Å². The Bertz CT molecular complexity index is 602. The molecule has 2 rings (SSSR count). The van der Waals surface area contributed by atoms with Crippen LogP contribution in [0.5, 0.6) is 0 Å². The third-order valence-corrected chi connectivity index (χ3v) is 6.38. The molecule has 1 aliphatic rings. The van der Waals surface area contributed by atoms with Gasteiger partial charge in [0, 0.05) is 19.1 Å². The largest absolute Gasteiger partial charge is 0.316 e. The summed E-state index contributed by atoms with van der Waals surface area (Å²) in [7, 11) is -1.66. The van der Waals surface area contributed by atoms with E-state index in [9.17, 15) is 8.42 Å². The van der Waals surface area contributed by atoms with Gasteiger partial charge < -0.3 is 5.32 Å². The van der Waals surface area contributed by atoms with E-state index in [0.717, 1.165) is 18.4 Å². The van der Waals surface area contributed by atoms with E-state index in [-0.39, 0.29) is 16.9 Å². The highest BCUT2D eigenvalue weighted by molar-refractivity contribution is 7.89. The minimum absolute atomic E-state index is 0.209. The summed E-state index contributed by atoms with van der Waals surface area (Å²) in [6.07, 6.45) is 1.87. The van der Waals surface area contributed by atoms with Gasteiger partial charge in [-0.1, -0.05) is 31.5 Å². The topological polar surface area (TPSA) is 49.4 Å². The van der Waals surface area contributed by atoms with Gasteiger partial charge in [0.2, 0.25) is 10.0 Å². The van der Waals surface area contributed by atoms with E-state index >= 15 is 0 Å². The Labute approximate surface area is 132 Å². The molecule has 1 aromatic rings. The Balaban J connectivity index is 2.37. The highest BCUT2D eigenvalue weighted by Gasteiger charge is 2.31. The molecule has 118 valence electrons. The molecule has 0 bridgehead atoms. The lowest BCUT2D eigenvalue weighted by atomic mass is 10.0. The standard InChI is InChI=1S/C15H23ClN2O2S/c1-11(2)12-6-7-14(16)15(9-12)21(19,20)18-8-4-5-13(10-18)17-3/h6-7,9,11,13,17H,4-5,8,10H2,1-3H3. The van der Waals surface area contributed by atoms with E-state index < -0.39 is 10.0 Å². The van der Waals surface area contributed by atoms with Crippen molar-refractivity contribution < 1.29 is 8.42 Å². The predicted octanol–water partition coefficient (Wildman–Crippen LogP) is 2.84. The van der Waals surface area contributed by atoms with Crippen LogP contribution in [0.4, 0.5) is 0 Å². The minimum Gasteiger partial charge on any atom is -0.316 e. The zero-order valence-electron chi connectivity index (χ0n) is 12.8. The number of piperidine rings is 1. The van der Waals surface area contributed by atoms with E-state index in [1.54, 1.807) is 16.4 Å². The van der Waals surface area contributed by atoms with Gasteiger partial charge in [0.15, 0.2) is 0 Å². The molecule has 1 atom stereocenters. The summed E-state index contributed by atoms with van der Waals surface area (Å²) in [6, 6.07) is 5.49. The van der Waals surface area contributed by atoms with Crippen molar-refractivity contribution in [1.29, 1.82) is 0 Å². The first-order valence-electron chi connectivity index (χ1n) is 7.33. The molecule has 0 spiro atoms. The number of benzene rings is 1. The first-order valence-corrected chi connectivity index (χ1v) is 9.15. The zero-order valence-corrected chi connectivity index (χ0v) is 14.3. The van der Waals surface area contributed by atoms with Gasteiger partial charge in [0.1, 0.15) is 4.90 Å². The van der Waals surface area contributed by atoms with Gasteiger partial charge in [0.05, 0.1) is 5.02 Å². The van der Waals surface area contributed by atoms with Gasteiger partial charge >= 0.3 is 0 Å². The van der Waals surface area contributed by atoms with Crippen molar-refractivity contribution in [3.05, 3.63) is 28.8 Å². The lowest BCUT2D eigenvalue weighted by Gasteiger charge is -2.32. The maximum absolute atomic E-state index is 12.9. The molecule has 1 heterocycles. The highest BCUT2D eigenvalue weighted by atomic mass is 35.5. The van der Waals surface area contributed by atoms with E-state index in [1.165, 1.54) is 0 Å². The normalized spacial score (nSPS) is 20.9. The van der Waals surface area contributed by atoms with Gasteiger partial charge in [-0.05, 0) is 43.5 Å². The SMILES string of the molecule is CNC1CCCN(S(=O)(=O)c2cc(C(C)C)ccc2Cl)C1. The molecule has 0 aliphatic carbocycles. The Kier molecular flexibility index (Phi) is 5.30. The average Bonchev–Trinajstić information content (AvgIpc) is 2.47. The summed E-state index contributed by atoms with van der Waals surface area (Å²) in [5.41, 5.74) is 0.986. The quantitative estimate of drug-likeness (QED) is 0.923. The Morgan fingerprint density at radius 2 is 2.10 bits per heavy atom. The van der Waals surface area contributed by atoms with Crippen LogP contribution in [0.1, 0.15) is 38.2 Å². The van der Waals surface area contributed by atoms with Crippen LogP contribution in [0.2, 0.25) is 5.02 Å². The maximum atomic E-state index is 12.9. The number of nitrogens with one attached hydrogen (secondary N) is 1.